The number of nitrogens with one attached hydrogen (secondary N) is 1. The summed E-state index contributed by atoms with van der Waals surface area (Å²) < 4.78 is 7.38. The normalized spacial score (nSPS) is 13.9. The highest BCUT2D eigenvalue weighted by molar-refractivity contribution is 5.90. The zero-order valence-electron chi connectivity index (χ0n) is 18.2. The van der Waals surface area contributed by atoms with Crippen LogP contribution in [0, 0.1) is 0 Å². The Balaban J connectivity index is 1.96. The third-order valence-corrected chi connectivity index (χ3v) is 5.55. The van der Waals surface area contributed by atoms with Crippen LogP contribution in [0.15, 0.2) is 33.9 Å². The third kappa shape index (κ3) is 5.16. The molecule has 1 amide bonds. The van der Waals surface area contributed by atoms with Gasteiger partial charge in [0.1, 0.15) is 18.1 Å². The molecule has 1 aromatic carbocycles. The highest BCUT2D eigenvalue weighted by Gasteiger charge is 2.24. The Morgan fingerprint density at radius 3 is 2.58 bits per heavy atom. The summed E-state index contributed by atoms with van der Waals surface area (Å²) >= 11 is 0. The van der Waals surface area contributed by atoms with E-state index in [1.165, 1.54) is 11.7 Å². The van der Waals surface area contributed by atoms with Crippen LogP contribution in [0.1, 0.15) is 31.7 Å². The maximum absolute atomic E-state index is 13.2. The minimum absolute atomic E-state index is 0.126. The van der Waals surface area contributed by atoms with Crippen molar-refractivity contribution in [3.8, 4) is 0 Å². The van der Waals surface area contributed by atoms with Crippen molar-refractivity contribution in [1.29, 1.82) is 0 Å². The fourth-order valence-electron chi connectivity index (χ4n) is 3.87. The van der Waals surface area contributed by atoms with Crippen LogP contribution in [0.2, 0.25) is 0 Å². The highest BCUT2D eigenvalue weighted by atomic mass is 16.5. The number of hydrogen-bond acceptors (Lipinski definition) is 6. The molecule has 0 atom stereocenters. The molecule has 2 aromatic rings. The van der Waals surface area contributed by atoms with Gasteiger partial charge in [0.05, 0.1) is 13.2 Å². The number of ether oxygens (including phenoxy) is 1. The number of piperidine rings is 1. The van der Waals surface area contributed by atoms with Gasteiger partial charge in [-0.1, -0.05) is 19.1 Å². The molecule has 3 rings (SSSR count). The topological polar surface area (TPSA) is 112 Å². The van der Waals surface area contributed by atoms with Gasteiger partial charge in [-0.2, -0.15) is 0 Å². The van der Waals surface area contributed by atoms with E-state index in [-0.39, 0.29) is 31.2 Å². The minimum Gasteiger partial charge on any atom is -0.383 e. The van der Waals surface area contributed by atoms with Crippen molar-refractivity contribution < 1.29 is 9.53 Å². The molecular weight excluding hydrogens is 398 g/mol. The molecule has 0 radical (unpaired) electrons. The first-order chi connectivity index (χ1) is 15.0. The molecule has 9 nitrogen and oxygen atoms in total. The Hall–Kier alpha value is -3.07. The Kier molecular flexibility index (Phi) is 7.51. The quantitative estimate of drug-likeness (QED) is 0.657. The second kappa shape index (κ2) is 10.3. The van der Waals surface area contributed by atoms with E-state index in [4.69, 9.17) is 10.5 Å². The number of aryl methyl sites for hydroxylation is 1. The summed E-state index contributed by atoms with van der Waals surface area (Å²) in [7, 11) is 1.53. The van der Waals surface area contributed by atoms with Crippen molar-refractivity contribution in [2.45, 2.75) is 45.7 Å². The van der Waals surface area contributed by atoms with E-state index in [2.05, 4.69) is 5.32 Å². The first-order valence-electron chi connectivity index (χ1n) is 10.7. The first kappa shape index (κ1) is 22.6. The van der Waals surface area contributed by atoms with Gasteiger partial charge in [-0.05, 0) is 43.4 Å². The molecule has 168 valence electrons. The molecule has 31 heavy (non-hydrogen) atoms. The summed E-state index contributed by atoms with van der Waals surface area (Å²) in [6.45, 7) is 3.48. The molecule has 9 heteroatoms. The van der Waals surface area contributed by atoms with Crippen LogP contribution >= 0.6 is 0 Å². The molecule has 1 aliphatic heterocycles. The molecule has 1 aliphatic rings. The standard InChI is InChI=1S/C22H31N5O4/c1-3-16-8-7-9-17(14-16)24-18(28)15-27-21(29)19(25-10-5-4-6-11-25)20(23)26(22(27)30)12-13-31-2/h7-9,14H,3-6,10-13,15,23H2,1-2H3,(H,24,28). The number of carbonyl (C=O) groups excluding carboxylic acids is 1. The molecule has 3 N–H and O–H groups in total. The van der Waals surface area contributed by atoms with Crippen LogP contribution in [0.25, 0.3) is 0 Å². The van der Waals surface area contributed by atoms with E-state index in [1.54, 1.807) is 6.07 Å². The zero-order chi connectivity index (χ0) is 22.4. The van der Waals surface area contributed by atoms with Crippen LogP contribution in [0.4, 0.5) is 17.2 Å². The van der Waals surface area contributed by atoms with Crippen LogP contribution in [-0.2, 0) is 29.0 Å². The number of rotatable bonds is 8. The number of carbonyl (C=O) groups is 1. The van der Waals surface area contributed by atoms with E-state index in [9.17, 15) is 14.4 Å². The number of benzene rings is 1. The van der Waals surface area contributed by atoms with Crippen LogP contribution < -0.4 is 27.2 Å². The second-order valence-corrected chi connectivity index (χ2v) is 7.70. The summed E-state index contributed by atoms with van der Waals surface area (Å²) in [5, 5.41) is 2.78. The number of nitrogens with zero attached hydrogens (tertiary/aromatic N) is 3. The lowest BCUT2D eigenvalue weighted by molar-refractivity contribution is -0.116. The SMILES string of the molecule is CCc1cccc(NC(=O)Cn2c(=O)c(N3CCCCC3)c(N)n(CCOC)c2=O)c1. The predicted molar refractivity (Wildman–Crippen MR) is 122 cm³/mol. The average Bonchev–Trinajstić information content (AvgIpc) is 2.77. The Labute approximate surface area is 181 Å². The summed E-state index contributed by atoms with van der Waals surface area (Å²) in [6.07, 6.45) is 3.83. The van der Waals surface area contributed by atoms with Gasteiger partial charge >= 0.3 is 5.69 Å². The molecule has 0 saturated carbocycles. The Morgan fingerprint density at radius 2 is 1.90 bits per heavy atom. The summed E-state index contributed by atoms with van der Waals surface area (Å²) in [6, 6.07) is 7.48. The molecular formula is C22H31N5O4. The van der Waals surface area contributed by atoms with Gasteiger partial charge in [0.15, 0.2) is 0 Å². The van der Waals surface area contributed by atoms with Crippen molar-refractivity contribution in [1.82, 2.24) is 9.13 Å². The monoisotopic (exact) mass is 429 g/mol. The van der Waals surface area contributed by atoms with E-state index < -0.39 is 17.2 Å². The van der Waals surface area contributed by atoms with Gasteiger partial charge in [0, 0.05) is 25.9 Å². The third-order valence-electron chi connectivity index (χ3n) is 5.55. The first-order valence-corrected chi connectivity index (χ1v) is 10.7. The van der Waals surface area contributed by atoms with Crippen LogP contribution in [-0.4, -0.2) is 41.8 Å². The summed E-state index contributed by atoms with van der Waals surface area (Å²) in [5.74, 6) is -0.318. The fourth-order valence-corrected chi connectivity index (χ4v) is 3.87. The van der Waals surface area contributed by atoms with Gasteiger partial charge in [0.25, 0.3) is 5.56 Å². The Morgan fingerprint density at radius 1 is 1.16 bits per heavy atom. The molecule has 0 aliphatic carbocycles. The number of nitrogens with two attached hydrogens (primary N) is 1. The number of nitrogen functional groups attached to an aromatic ring is 1. The van der Waals surface area contributed by atoms with Crippen molar-refractivity contribution in [3.05, 3.63) is 50.7 Å². The molecule has 1 aromatic heterocycles. The fraction of sp³-hybridized carbons (Fsp3) is 0.500. The molecule has 2 heterocycles. The van der Waals surface area contributed by atoms with Crippen molar-refractivity contribution in [2.75, 3.05) is 42.8 Å². The maximum Gasteiger partial charge on any atom is 0.333 e. The van der Waals surface area contributed by atoms with Gasteiger partial charge < -0.3 is 20.7 Å². The average molecular weight is 430 g/mol. The molecule has 0 unspecified atom stereocenters. The van der Waals surface area contributed by atoms with Gasteiger partial charge in [-0.15, -0.1) is 0 Å². The number of amides is 1. The lowest BCUT2D eigenvalue weighted by Crippen LogP contribution is -2.47. The van der Waals surface area contributed by atoms with E-state index in [0.717, 1.165) is 35.8 Å². The van der Waals surface area contributed by atoms with Crippen LogP contribution in [0.3, 0.4) is 0 Å². The number of aromatic nitrogens is 2. The lowest BCUT2D eigenvalue weighted by Gasteiger charge is -2.30. The van der Waals surface area contributed by atoms with E-state index in [0.29, 0.717) is 18.8 Å². The largest absolute Gasteiger partial charge is 0.383 e. The maximum atomic E-state index is 13.2. The van der Waals surface area contributed by atoms with E-state index >= 15 is 0 Å². The van der Waals surface area contributed by atoms with Crippen LogP contribution in [0.5, 0.6) is 0 Å². The lowest BCUT2D eigenvalue weighted by atomic mass is 10.1. The molecule has 0 bridgehead atoms. The smallest absolute Gasteiger partial charge is 0.333 e. The Bertz CT molecular complexity index is 1040. The van der Waals surface area contributed by atoms with Gasteiger partial charge in [-0.3, -0.25) is 14.2 Å². The zero-order valence-corrected chi connectivity index (χ0v) is 18.2. The molecule has 1 fully saturated rings. The summed E-state index contributed by atoms with van der Waals surface area (Å²) in [4.78, 5) is 40.9. The number of hydrogen-bond donors (Lipinski definition) is 2. The second-order valence-electron chi connectivity index (χ2n) is 7.70. The van der Waals surface area contributed by atoms with Crippen molar-refractivity contribution in [2.24, 2.45) is 0 Å². The summed E-state index contributed by atoms with van der Waals surface area (Å²) in [5.41, 5.74) is 7.12. The van der Waals surface area contributed by atoms with Crippen molar-refractivity contribution in [3.63, 3.8) is 0 Å². The molecule has 1 saturated heterocycles. The minimum atomic E-state index is -0.613. The highest BCUT2D eigenvalue weighted by Crippen LogP contribution is 2.21. The van der Waals surface area contributed by atoms with Gasteiger partial charge in [-0.25, -0.2) is 9.36 Å². The van der Waals surface area contributed by atoms with Crippen molar-refractivity contribution >= 4 is 23.1 Å². The number of anilines is 3. The van der Waals surface area contributed by atoms with E-state index in [1.807, 2.05) is 30.0 Å². The van der Waals surface area contributed by atoms with Gasteiger partial charge in [0.2, 0.25) is 5.91 Å². The predicted octanol–water partition coefficient (Wildman–Crippen LogP) is 1.43. The number of methoxy groups -OCH3 is 1. The molecule has 0 spiro atoms.